The summed E-state index contributed by atoms with van der Waals surface area (Å²) in [6.45, 7) is 1.95. The Morgan fingerprint density at radius 1 is 1.05 bits per heavy atom. The molecular formula is C14H12Cl3NO. The predicted molar refractivity (Wildman–Crippen MR) is 81.6 cm³/mol. The molecule has 0 aliphatic heterocycles. The Morgan fingerprint density at radius 2 is 1.79 bits per heavy atom. The van der Waals surface area contributed by atoms with E-state index in [2.05, 4.69) is 5.32 Å². The van der Waals surface area contributed by atoms with Gasteiger partial charge in [-0.3, -0.25) is 0 Å². The summed E-state index contributed by atoms with van der Waals surface area (Å²) in [5.74, 6) is 0.206. The van der Waals surface area contributed by atoms with E-state index in [9.17, 15) is 5.11 Å². The summed E-state index contributed by atoms with van der Waals surface area (Å²) in [5.41, 5.74) is 1.65. The van der Waals surface area contributed by atoms with Gasteiger partial charge in [0.25, 0.3) is 0 Å². The van der Waals surface area contributed by atoms with Gasteiger partial charge < -0.3 is 10.4 Å². The zero-order valence-corrected chi connectivity index (χ0v) is 12.4. The van der Waals surface area contributed by atoms with Crippen LogP contribution in [-0.2, 0) is 0 Å². The van der Waals surface area contributed by atoms with E-state index in [-0.39, 0.29) is 11.8 Å². The molecule has 0 aromatic heterocycles. The first kappa shape index (κ1) is 14.3. The molecule has 0 amide bonds. The number of hydrogen-bond donors (Lipinski definition) is 2. The molecule has 2 nitrogen and oxygen atoms in total. The van der Waals surface area contributed by atoms with Crippen LogP contribution < -0.4 is 5.32 Å². The molecule has 0 bridgehead atoms. The molecular weight excluding hydrogens is 305 g/mol. The van der Waals surface area contributed by atoms with Crippen molar-refractivity contribution in [3.05, 3.63) is 57.0 Å². The van der Waals surface area contributed by atoms with E-state index < -0.39 is 0 Å². The summed E-state index contributed by atoms with van der Waals surface area (Å²) in [6.07, 6.45) is 0. The molecule has 2 rings (SSSR count). The second-order valence-corrected chi connectivity index (χ2v) is 5.34. The monoisotopic (exact) mass is 315 g/mol. The van der Waals surface area contributed by atoms with Crippen LogP contribution >= 0.6 is 34.8 Å². The lowest BCUT2D eigenvalue weighted by Gasteiger charge is -2.18. The molecule has 100 valence electrons. The van der Waals surface area contributed by atoms with E-state index in [0.717, 1.165) is 11.3 Å². The average molecular weight is 317 g/mol. The molecule has 0 fully saturated rings. The van der Waals surface area contributed by atoms with Gasteiger partial charge in [-0.15, -0.1) is 0 Å². The normalized spacial score (nSPS) is 12.2. The molecule has 0 saturated carbocycles. The van der Waals surface area contributed by atoms with Crippen molar-refractivity contribution in [1.29, 1.82) is 0 Å². The number of benzene rings is 2. The largest absolute Gasteiger partial charge is 0.508 e. The molecule has 2 N–H and O–H groups in total. The van der Waals surface area contributed by atoms with Gasteiger partial charge in [-0.1, -0.05) is 46.9 Å². The van der Waals surface area contributed by atoms with E-state index >= 15 is 0 Å². The Morgan fingerprint density at radius 3 is 2.47 bits per heavy atom. The molecule has 0 saturated heterocycles. The van der Waals surface area contributed by atoms with Crippen LogP contribution in [0.5, 0.6) is 5.75 Å². The summed E-state index contributed by atoms with van der Waals surface area (Å²) in [5, 5.41) is 13.9. The minimum atomic E-state index is -0.0657. The Balaban J connectivity index is 2.25. The van der Waals surface area contributed by atoms with Crippen molar-refractivity contribution < 1.29 is 5.11 Å². The van der Waals surface area contributed by atoms with Crippen LogP contribution in [-0.4, -0.2) is 5.11 Å². The van der Waals surface area contributed by atoms with Crippen molar-refractivity contribution in [3.63, 3.8) is 0 Å². The summed E-state index contributed by atoms with van der Waals surface area (Å²) in [4.78, 5) is 0. The summed E-state index contributed by atoms with van der Waals surface area (Å²) in [7, 11) is 0. The van der Waals surface area contributed by atoms with E-state index in [0.29, 0.717) is 15.1 Å². The number of hydrogen-bond acceptors (Lipinski definition) is 2. The Labute approximate surface area is 126 Å². The number of rotatable bonds is 3. The van der Waals surface area contributed by atoms with Crippen molar-refractivity contribution in [2.24, 2.45) is 0 Å². The van der Waals surface area contributed by atoms with Crippen molar-refractivity contribution in [3.8, 4) is 5.75 Å². The zero-order valence-electron chi connectivity index (χ0n) is 10.1. The lowest BCUT2D eigenvalue weighted by atomic mass is 10.1. The molecule has 19 heavy (non-hydrogen) atoms. The van der Waals surface area contributed by atoms with Crippen LogP contribution in [0.2, 0.25) is 15.1 Å². The Kier molecular flexibility index (Phi) is 4.46. The van der Waals surface area contributed by atoms with Crippen molar-refractivity contribution >= 4 is 40.5 Å². The molecule has 0 radical (unpaired) electrons. The lowest BCUT2D eigenvalue weighted by molar-refractivity contribution is 0.475. The first-order valence-corrected chi connectivity index (χ1v) is 6.81. The molecule has 1 unspecified atom stereocenters. The van der Waals surface area contributed by atoms with Gasteiger partial charge in [-0.05, 0) is 30.7 Å². The first-order valence-electron chi connectivity index (χ1n) is 5.68. The van der Waals surface area contributed by atoms with Crippen LogP contribution in [0.15, 0.2) is 36.4 Å². The van der Waals surface area contributed by atoms with Gasteiger partial charge in [-0.2, -0.15) is 0 Å². The highest BCUT2D eigenvalue weighted by Crippen LogP contribution is 2.36. The second-order valence-electron chi connectivity index (χ2n) is 4.18. The molecule has 2 aromatic rings. The number of nitrogens with one attached hydrogen (secondary N) is 1. The van der Waals surface area contributed by atoms with Crippen LogP contribution in [0.25, 0.3) is 0 Å². The Hall–Kier alpha value is -1.09. The SMILES string of the molecule is CC(Nc1cccc(O)c1)c1ccc(Cl)c(Cl)c1Cl. The maximum absolute atomic E-state index is 9.43. The third-order valence-corrected chi connectivity index (χ3v) is 4.07. The number of phenolic OH excluding ortho intramolecular Hbond substituents is 1. The highest BCUT2D eigenvalue weighted by molar-refractivity contribution is 6.48. The Bertz CT molecular complexity index is 601. The van der Waals surface area contributed by atoms with Crippen LogP contribution in [0.3, 0.4) is 0 Å². The molecule has 0 aliphatic rings. The van der Waals surface area contributed by atoms with E-state index in [4.69, 9.17) is 34.8 Å². The van der Waals surface area contributed by atoms with Crippen LogP contribution in [0.1, 0.15) is 18.5 Å². The number of phenols is 1. The van der Waals surface area contributed by atoms with Gasteiger partial charge in [0.2, 0.25) is 0 Å². The van der Waals surface area contributed by atoms with E-state index in [1.807, 2.05) is 19.1 Å². The maximum Gasteiger partial charge on any atom is 0.117 e. The quantitative estimate of drug-likeness (QED) is 0.730. The minimum Gasteiger partial charge on any atom is -0.508 e. The van der Waals surface area contributed by atoms with Gasteiger partial charge in [0.1, 0.15) is 5.75 Å². The maximum atomic E-state index is 9.43. The topological polar surface area (TPSA) is 32.3 Å². The van der Waals surface area contributed by atoms with Gasteiger partial charge in [0.15, 0.2) is 0 Å². The molecule has 2 aromatic carbocycles. The van der Waals surface area contributed by atoms with Crippen molar-refractivity contribution in [1.82, 2.24) is 0 Å². The zero-order chi connectivity index (χ0) is 14.0. The lowest BCUT2D eigenvalue weighted by Crippen LogP contribution is -2.07. The van der Waals surface area contributed by atoms with Crippen molar-refractivity contribution in [2.45, 2.75) is 13.0 Å². The number of halogens is 3. The molecule has 0 aliphatic carbocycles. The fourth-order valence-corrected chi connectivity index (χ4v) is 2.51. The summed E-state index contributed by atoms with van der Waals surface area (Å²) in [6, 6.07) is 10.4. The predicted octanol–water partition coefficient (Wildman–Crippen LogP) is 5.53. The van der Waals surface area contributed by atoms with Gasteiger partial charge in [-0.25, -0.2) is 0 Å². The first-order chi connectivity index (χ1) is 8.99. The van der Waals surface area contributed by atoms with Crippen molar-refractivity contribution in [2.75, 3.05) is 5.32 Å². The number of aromatic hydroxyl groups is 1. The van der Waals surface area contributed by atoms with E-state index in [1.54, 1.807) is 24.3 Å². The third kappa shape index (κ3) is 3.27. The van der Waals surface area contributed by atoms with Gasteiger partial charge in [0, 0.05) is 11.8 Å². The number of anilines is 1. The van der Waals surface area contributed by atoms with E-state index in [1.165, 1.54) is 0 Å². The molecule has 1 atom stereocenters. The summed E-state index contributed by atoms with van der Waals surface area (Å²) < 4.78 is 0. The van der Waals surface area contributed by atoms with Gasteiger partial charge in [0.05, 0.1) is 21.1 Å². The fraction of sp³-hybridized carbons (Fsp3) is 0.143. The fourth-order valence-electron chi connectivity index (χ4n) is 1.80. The molecule has 0 heterocycles. The smallest absolute Gasteiger partial charge is 0.117 e. The summed E-state index contributed by atoms with van der Waals surface area (Å²) >= 11 is 18.1. The van der Waals surface area contributed by atoms with Crippen LogP contribution in [0.4, 0.5) is 5.69 Å². The molecule has 0 spiro atoms. The second kappa shape index (κ2) is 5.91. The highest BCUT2D eigenvalue weighted by atomic mass is 35.5. The average Bonchev–Trinajstić information content (AvgIpc) is 2.36. The standard InChI is InChI=1S/C14H12Cl3NO/c1-8(18-9-3-2-4-10(19)7-9)11-5-6-12(15)14(17)13(11)16/h2-8,18-19H,1H3. The third-order valence-electron chi connectivity index (χ3n) is 2.76. The highest BCUT2D eigenvalue weighted by Gasteiger charge is 2.14. The minimum absolute atomic E-state index is 0.0657. The van der Waals surface area contributed by atoms with Crippen LogP contribution in [0, 0.1) is 0 Å². The van der Waals surface area contributed by atoms with Gasteiger partial charge >= 0.3 is 0 Å². The molecule has 5 heteroatoms.